The molecule has 1 fully saturated rings. The van der Waals surface area contributed by atoms with Crippen LogP contribution in [0.15, 0.2) is 79.0 Å². The molecule has 0 aliphatic carbocycles. The van der Waals surface area contributed by atoms with Crippen molar-refractivity contribution in [2.24, 2.45) is 7.05 Å². The third kappa shape index (κ3) is 4.99. The maximum Gasteiger partial charge on any atom is 0.254 e. The molecule has 3 aromatic carbocycles. The fourth-order valence-electron chi connectivity index (χ4n) is 5.04. The topological polar surface area (TPSA) is 67.2 Å². The second-order valence-electron chi connectivity index (χ2n) is 10.0. The molecule has 2 amide bonds. The van der Waals surface area contributed by atoms with Gasteiger partial charge in [-0.3, -0.25) is 14.3 Å². The molecule has 3 atom stereocenters. The molecule has 1 N–H and O–H groups in total. The molecule has 2 heterocycles. The van der Waals surface area contributed by atoms with Crippen LogP contribution >= 0.6 is 0 Å². The first kappa shape index (κ1) is 24.7. The van der Waals surface area contributed by atoms with Gasteiger partial charge < -0.3 is 10.2 Å². The molecule has 0 saturated carbocycles. The van der Waals surface area contributed by atoms with Gasteiger partial charge in [-0.15, -0.1) is 0 Å². The Labute approximate surface area is 216 Å². The third-order valence-electron chi connectivity index (χ3n) is 7.16. The minimum Gasteiger partial charge on any atom is -0.343 e. The SMILES string of the molecule is CC(C)c1ccc(C(NC(=O)C2CC(F)CN2C(=O)c2ccc3c(cnn3C)c2)c2ccccc2)cc1. The highest BCUT2D eigenvalue weighted by Crippen LogP contribution is 2.28. The quantitative estimate of drug-likeness (QED) is 0.400. The summed E-state index contributed by atoms with van der Waals surface area (Å²) >= 11 is 0. The van der Waals surface area contributed by atoms with Gasteiger partial charge in [0.05, 0.1) is 24.3 Å². The van der Waals surface area contributed by atoms with Crippen molar-refractivity contribution in [3.63, 3.8) is 0 Å². The number of alkyl halides is 1. The summed E-state index contributed by atoms with van der Waals surface area (Å²) in [5, 5.41) is 8.16. The van der Waals surface area contributed by atoms with Crippen LogP contribution in [0.2, 0.25) is 0 Å². The van der Waals surface area contributed by atoms with Gasteiger partial charge in [0.25, 0.3) is 5.91 Å². The average Bonchev–Trinajstić information content (AvgIpc) is 3.49. The molecule has 1 aliphatic rings. The van der Waals surface area contributed by atoms with Crippen molar-refractivity contribution in [2.45, 2.75) is 44.4 Å². The summed E-state index contributed by atoms with van der Waals surface area (Å²) in [6, 6.07) is 21.8. The fourth-order valence-corrected chi connectivity index (χ4v) is 5.04. The Morgan fingerprint density at radius 2 is 1.65 bits per heavy atom. The summed E-state index contributed by atoms with van der Waals surface area (Å²) < 4.78 is 16.4. The van der Waals surface area contributed by atoms with Crippen molar-refractivity contribution in [3.05, 3.63) is 101 Å². The van der Waals surface area contributed by atoms with Crippen molar-refractivity contribution in [1.29, 1.82) is 0 Å². The molecule has 0 radical (unpaired) electrons. The summed E-state index contributed by atoms with van der Waals surface area (Å²) in [5.74, 6) is -0.328. The number of halogens is 1. The first-order valence-electron chi connectivity index (χ1n) is 12.6. The zero-order valence-electron chi connectivity index (χ0n) is 21.3. The van der Waals surface area contributed by atoms with Crippen LogP contribution in [0.3, 0.4) is 0 Å². The Morgan fingerprint density at radius 3 is 2.35 bits per heavy atom. The number of carbonyl (C=O) groups excluding carboxylic acids is 2. The number of likely N-dealkylation sites (tertiary alicyclic amines) is 1. The Balaban J connectivity index is 1.41. The number of benzene rings is 3. The van der Waals surface area contributed by atoms with Crippen molar-refractivity contribution >= 4 is 22.7 Å². The average molecular weight is 499 g/mol. The highest BCUT2D eigenvalue weighted by Gasteiger charge is 2.41. The van der Waals surface area contributed by atoms with E-state index in [0.29, 0.717) is 11.5 Å². The second-order valence-corrected chi connectivity index (χ2v) is 10.0. The lowest BCUT2D eigenvalue weighted by Gasteiger charge is -2.27. The van der Waals surface area contributed by atoms with Gasteiger partial charge in [-0.25, -0.2) is 4.39 Å². The van der Waals surface area contributed by atoms with E-state index in [2.05, 4.69) is 36.4 Å². The van der Waals surface area contributed by atoms with Crippen LogP contribution in [-0.2, 0) is 11.8 Å². The van der Waals surface area contributed by atoms with Gasteiger partial charge >= 0.3 is 0 Å². The standard InChI is InChI=1S/C30H31FN4O2/c1-19(2)20-9-11-22(12-10-20)28(21-7-5-4-6-8-21)33-29(36)27-16-25(31)18-35(27)30(37)23-13-14-26-24(15-23)17-32-34(26)3/h4-15,17,19,25,27-28H,16,18H2,1-3H3,(H,33,36). The van der Waals surface area contributed by atoms with E-state index in [4.69, 9.17) is 0 Å². The number of nitrogens with zero attached hydrogens (tertiary/aromatic N) is 3. The molecule has 1 saturated heterocycles. The maximum atomic E-state index is 14.6. The Bertz CT molecular complexity index is 1410. The Hall–Kier alpha value is -4.00. The third-order valence-corrected chi connectivity index (χ3v) is 7.16. The lowest BCUT2D eigenvalue weighted by molar-refractivity contribution is -0.125. The molecule has 1 aromatic heterocycles. The lowest BCUT2D eigenvalue weighted by Crippen LogP contribution is -2.47. The highest BCUT2D eigenvalue weighted by molar-refractivity contribution is 6.00. The van der Waals surface area contributed by atoms with Crippen LogP contribution in [0.4, 0.5) is 4.39 Å². The van der Waals surface area contributed by atoms with E-state index in [0.717, 1.165) is 22.0 Å². The number of carbonyl (C=O) groups is 2. The lowest BCUT2D eigenvalue weighted by atomic mass is 9.95. The van der Waals surface area contributed by atoms with E-state index in [1.807, 2.05) is 55.6 Å². The van der Waals surface area contributed by atoms with E-state index >= 15 is 0 Å². The smallest absolute Gasteiger partial charge is 0.254 e. The number of rotatable bonds is 6. The van der Waals surface area contributed by atoms with Crippen LogP contribution in [0, 0.1) is 0 Å². The van der Waals surface area contributed by atoms with E-state index in [-0.39, 0.29) is 24.8 Å². The number of nitrogens with one attached hydrogen (secondary N) is 1. The van der Waals surface area contributed by atoms with Gasteiger partial charge in [-0.2, -0.15) is 5.10 Å². The fraction of sp³-hybridized carbons (Fsp3) is 0.300. The summed E-state index contributed by atoms with van der Waals surface area (Å²) in [6.07, 6.45) is 0.399. The predicted molar refractivity (Wildman–Crippen MR) is 142 cm³/mol. The Morgan fingerprint density at radius 1 is 0.973 bits per heavy atom. The molecule has 5 rings (SSSR count). The van der Waals surface area contributed by atoms with Gasteiger partial charge in [-0.1, -0.05) is 68.4 Å². The molecule has 6 nitrogen and oxygen atoms in total. The van der Waals surface area contributed by atoms with Crippen molar-refractivity contribution < 1.29 is 14.0 Å². The largest absolute Gasteiger partial charge is 0.343 e. The molecular formula is C30H31FN4O2. The van der Waals surface area contributed by atoms with Gasteiger partial charge in [0, 0.05) is 24.4 Å². The zero-order chi connectivity index (χ0) is 26.1. The molecule has 190 valence electrons. The number of aromatic nitrogens is 2. The molecule has 37 heavy (non-hydrogen) atoms. The molecular weight excluding hydrogens is 467 g/mol. The van der Waals surface area contributed by atoms with Crippen LogP contribution in [0.5, 0.6) is 0 Å². The highest BCUT2D eigenvalue weighted by atomic mass is 19.1. The molecule has 0 spiro atoms. The van der Waals surface area contributed by atoms with Crippen LogP contribution in [0.1, 0.15) is 59.3 Å². The first-order valence-corrected chi connectivity index (χ1v) is 12.6. The van der Waals surface area contributed by atoms with E-state index in [1.54, 1.807) is 23.0 Å². The van der Waals surface area contributed by atoms with Crippen molar-refractivity contribution in [2.75, 3.05) is 6.54 Å². The normalized spacial score (nSPS) is 18.4. The van der Waals surface area contributed by atoms with Crippen molar-refractivity contribution in [1.82, 2.24) is 20.0 Å². The van der Waals surface area contributed by atoms with Crippen LogP contribution < -0.4 is 5.32 Å². The maximum absolute atomic E-state index is 14.6. The van der Waals surface area contributed by atoms with Crippen LogP contribution in [-0.4, -0.2) is 45.3 Å². The van der Waals surface area contributed by atoms with Gasteiger partial charge in [0.2, 0.25) is 5.91 Å². The molecule has 1 aliphatic heterocycles. The summed E-state index contributed by atoms with van der Waals surface area (Å²) in [5.41, 5.74) is 4.36. The summed E-state index contributed by atoms with van der Waals surface area (Å²) in [7, 11) is 1.83. The number of hydrogen-bond donors (Lipinski definition) is 1. The van der Waals surface area contributed by atoms with Gasteiger partial charge in [0.1, 0.15) is 12.2 Å². The van der Waals surface area contributed by atoms with Crippen molar-refractivity contribution in [3.8, 4) is 0 Å². The minimum absolute atomic E-state index is 0.0273. The van der Waals surface area contributed by atoms with E-state index < -0.39 is 18.3 Å². The zero-order valence-corrected chi connectivity index (χ0v) is 21.3. The predicted octanol–water partition coefficient (Wildman–Crippen LogP) is 5.16. The monoisotopic (exact) mass is 498 g/mol. The molecule has 0 bridgehead atoms. The van der Waals surface area contributed by atoms with E-state index in [1.165, 1.54) is 10.5 Å². The second kappa shape index (κ2) is 10.2. The number of hydrogen-bond acceptors (Lipinski definition) is 3. The van der Waals surface area contributed by atoms with Crippen LogP contribution in [0.25, 0.3) is 10.9 Å². The van der Waals surface area contributed by atoms with E-state index in [9.17, 15) is 14.0 Å². The Kier molecular flexibility index (Phi) is 6.78. The molecule has 4 aromatic rings. The molecule has 7 heteroatoms. The number of fused-ring (bicyclic) bond motifs is 1. The summed E-state index contributed by atoms with van der Waals surface area (Å²) in [6.45, 7) is 4.16. The first-order chi connectivity index (χ1) is 17.8. The van der Waals surface area contributed by atoms with Gasteiger partial charge in [-0.05, 0) is 40.8 Å². The number of aryl methyl sites for hydroxylation is 1. The van der Waals surface area contributed by atoms with Gasteiger partial charge in [0.15, 0.2) is 0 Å². The summed E-state index contributed by atoms with van der Waals surface area (Å²) in [4.78, 5) is 28.4. The molecule has 3 unspecified atom stereocenters. The number of amides is 2. The minimum atomic E-state index is -1.26.